The topological polar surface area (TPSA) is 12.9 Å². The molecular weight excluding hydrogens is 86.1 g/mol. The van der Waals surface area contributed by atoms with Crippen molar-refractivity contribution in [3.05, 3.63) is 30.1 Å². The third kappa shape index (κ3) is 1.000. The Bertz CT molecular complexity index is 147. The molecule has 1 aromatic rings. The van der Waals surface area contributed by atoms with Crippen LogP contribution in [0.4, 0.5) is 0 Å². The van der Waals surface area contributed by atoms with Crippen LogP contribution >= 0.6 is 0 Å². The second-order valence-corrected chi connectivity index (χ2v) is 1.46. The summed E-state index contributed by atoms with van der Waals surface area (Å²) >= 11 is 0. The number of pyridine rings is 1. The van der Waals surface area contributed by atoms with E-state index in [0.717, 1.165) is 5.56 Å². The molecule has 1 heterocycles. The van der Waals surface area contributed by atoms with Crippen molar-refractivity contribution in [2.45, 2.75) is 6.92 Å². The van der Waals surface area contributed by atoms with Crippen LogP contribution in [-0.4, -0.2) is 4.98 Å². The maximum absolute atomic E-state index is 6.98. The molecule has 0 radical (unpaired) electrons. The molecule has 36 valence electrons. The maximum atomic E-state index is 6.98. The molecule has 0 unspecified atom stereocenters. The molecule has 0 N–H and O–H groups in total. The number of aryl methyl sites for hydroxylation is 1. The molecule has 0 saturated heterocycles. The summed E-state index contributed by atoms with van der Waals surface area (Å²) in [6.07, 6.45) is 2.01. The van der Waals surface area contributed by atoms with Gasteiger partial charge in [-0.2, -0.15) is 0 Å². The summed E-state index contributed by atoms with van der Waals surface area (Å²) in [6, 6.07) is 3.55. The first-order valence-electron chi connectivity index (χ1n) is 2.68. The molecule has 0 aliphatic carbocycles. The summed E-state index contributed by atoms with van der Waals surface area (Å²) < 4.78 is 6.98. The number of nitrogens with zero attached hydrogens (tertiary/aromatic N) is 1. The largest absolute Gasteiger partial charge is 0.264 e. The van der Waals surface area contributed by atoms with Crippen LogP contribution in [0, 0.1) is 6.92 Å². The highest BCUT2D eigenvalue weighted by molar-refractivity contribution is 5.04. The van der Waals surface area contributed by atoms with E-state index in [9.17, 15) is 0 Å². The highest BCUT2D eigenvalue weighted by Crippen LogP contribution is 1.88. The van der Waals surface area contributed by atoms with E-state index in [-0.39, 0.29) is 0 Å². The van der Waals surface area contributed by atoms with Gasteiger partial charge in [0, 0.05) is 12.4 Å². The van der Waals surface area contributed by atoms with Gasteiger partial charge in [0.1, 0.15) is 0 Å². The standard InChI is InChI=1S/C6H7N/c1-6-3-2-4-7-5-6/h2-5H,1H3/i4D. The molecule has 0 fully saturated rings. The third-order valence-electron chi connectivity index (χ3n) is 0.763. The molecule has 1 heteroatoms. The minimum Gasteiger partial charge on any atom is -0.264 e. The molecule has 0 aromatic carbocycles. The van der Waals surface area contributed by atoms with Gasteiger partial charge in [0.25, 0.3) is 0 Å². The first-order valence-corrected chi connectivity index (χ1v) is 2.18. The van der Waals surface area contributed by atoms with E-state index in [0.29, 0.717) is 6.17 Å². The van der Waals surface area contributed by atoms with E-state index < -0.39 is 0 Å². The average molecular weight is 94.1 g/mol. The first kappa shape index (κ1) is 3.19. The molecule has 0 amide bonds. The molecule has 1 rings (SSSR count). The Kier molecular flexibility index (Phi) is 0.791. The van der Waals surface area contributed by atoms with Crippen molar-refractivity contribution in [3.8, 4) is 0 Å². The number of hydrogen-bond donors (Lipinski definition) is 0. The highest BCUT2D eigenvalue weighted by Gasteiger charge is 1.73. The van der Waals surface area contributed by atoms with Gasteiger partial charge in [-0.1, -0.05) is 6.07 Å². The van der Waals surface area contributed by atoms with Gasteiger partial charge in [0.2, 0.25) is 0 Å². The number of rotatable bonds is 0. The van der Waals surface area contributed by atoms with Gasteiger partial charge in [0.05, 0.1) is 1.37 Å². The van der Waals surface area contributed by atoms with Gasteiger partial charge >= 0.3 is 0 Å². The van der Waals surface area contributed by atoms with E-state index in [1.807, 2.05) is 13.0 Å². The summed E-state index contributed by atoms with van der Waals surface area (Å²) in [5.41, 5.74) is 1.10. The molecule has 7 heavy (non-hydrogen) atoms. The predicted molar refractivity (Wildman–Crippen MR) is 29.0 cm³/mol. The zero-order valence-corrected chi connectivity index (χ0v) is 4.18. The number of hydrogen-bond acceptors (Lipinski definition) is 1. The van der Waals surface area contributed by atoms with Crippen molar-refractivity contribution in [2.75, 3.05) is 0 Å². The van der Waals surface area contributed by atoms with Crippen molar-refractivity contribution in [1.82, 2.24) is 4.98 Å². The minimum absolute atomic E-state index is 0.329. The van der Waals surface area contributed by atoms with Crippen molar-refractivity contribution in [1.29, 1.82) is 0 Å². The lowest BCUT2D eigenvalue weighted by Crippen LogP contribution is -1.69. The van der Waals surface area contributed by atoms with Crippen molar-refractivity contribution >= 4 is 0 Å². The van der Waals surface area contributed by atoms with Crippen LogP contribution in [0.25, 0.3) is 0 Å². The van der Waals surface area contributed by atoms with E-state index >= 15 is 0 Å². The summed E-state index contributed by atoms with van der Waals surface area (Å²) in [5.74, 6) is 0. The van der Waals surface area contributed by atoms with Gasteiger partial charge in [0.15, 0.2) is 0 Å². The smallest absolute Gasteiger partial charge is 0.0840 e. The zero-order chi connectivity index (χ0) is 5.98. The summed E-state index contributed by atoms with van der Waals surface area (Å²) in [5, 5.41) is 0. The first-order chi connectivity index (χ1) is 3.79. The maximum Gasteiger partial charge on any atom is 0.0840 e. The Morgan fingerprint density at radius 1 is 1.86 bits per heavy atom. The molecular formula is C6H7N. The quantitative estimate of drug-likeness (QED) is 0.473. The summed E-state index contributed by atoms with van der Waals surface area (Å²) in [4.78, 5) is 3.75. The highest BCUT2D eigenvalue weighted by atomic mass is 14.6. The molecule has 1 aromatic heterocycles. The minimum atomic E-state index is 0.329. The Labute approximate surface area is 44.4 Å². The second-order valence-electron chi connectivity index (χ2n) is 1.46. The molecule has 1 nitrogen and oxygen atoms in total. The van der Waals surface area contributed by atoms with E-state index in [1.54, 1.807) is 12.3 Å². The van der Waals surface area contributed by atoms with Crippen LogP contribution in [0.2, 0.25) is 0 Å². The summed E-state index contributed by atoms with van der Waals surface area (Å²) in [7, 11) is 0. The van der Waals surface area contributed by atoms with Crippen LogP contribution in [0.1, 0.15) is 6.93 Å². The van der Waals surface area contributed by atoms with Crippen LogP contribution < -0.4 is 0 Å². The van der Waals surface area contributed by atoms with Gasteiger partial charge < -0.3 is 0 Å². The Morgan fingerprint density at radius 2 is 2.71 bits per heavy atom. The molecule has 0 bridgehead atoms. The number of aromatic nitrogens is 1. The Balaban J connectivity index is 3.03. The van der Waals surface area contributed by atoms with E-state index in [4.69, 9.17) is 1.37 Å². The van der Waals surface area contributed by atoms with E-state index in [2.05, 4.69) is 4.98 Å². The second kappa shape index (κ2) is 1.73. The fourth-order valence-corrected chi connectivity index (χ4v) is 0.394. The van der Waals surface area contributed by atoms with Gasteiger partial charge in [-0.3, -0.25) is 4.98 Å². The van der Waals surface area contributed by atoms with Crippen LogP contribution in [-0.2, 0) is 0 Å². The molecule has 0 aliphatic rings. The molecule has 0 aliphatic heterocycles. The van der Waals surface area contributed by atoms with Crippen LogP contribution in [0.3, 0.4) is 0 Å². The van der Waals surface area contributed by atoms with Crippen molar-refractivity contribution in [3.63, 3.8) is 0 Å². The summed E-state index contributed by atoms with van der Waals surface area (Å²) in [6.45, 7) is 1.95. The van der Waals surface area contributed by atoms with Crippen molar-refractivity contribution < 1.29 is 1.37 Å². The lowest BCUT2D eigenvalue weighted by molar-refractivity contribution is 1.27. The van der Waals surface area contributed by atoms with Crippen LogP contribution in [0.15, 0.2) is 24.5 Å². The lowest BCUT2D eigenvalue weighted by Gasteiger charge is -1.82. The molecule has 0 atom stereocenters. The van der Waals surface area contributed by atoms with Gasteiger partial charge in [-0.25, -0.2) is 0 Å². The van der Waals surface area contributed by atoms with Crippen LogP contribution in [0.5, 0.6) is 0 Å². The third-order valence-corrected chi connectivity index (χ3v) is 0.763. The monoisotopic (exact) mass is 94.1 g/mol. The zero-order valence-electron chi connectivity index (χ0n) is 5.18. The fourth-order valence-electron chi connectivity index (χ4n) is 0.394. The fraction of sp³-hybridized carbons (Fsp3) is 0.167. The predicted octanol–water partition coefficient (Wildman–Crippen LogP) is 1.39. The van der Waals surface area contributed by atoms with Gasteiger partial charge in [-0.15, -0.1) is 0 Å². The normalized spacial score (nSPS) is 10.7. The SMILES string of the molecule is [2H]c1ccc(C)cn1. The van der Waals surface area contributed by atoms with E-state index in [1.165, 1.54) is 0 Å². The Hall–Kier alpha value is -0.850. The van der Waals surface area contributed by atoms with Crippen molar-refractivity contribution in [2.24, 2.45) is 0 Å². The lowest BCUT2D eigenvalue weighted by atomic mass is 10.3. The Morgan fingerprint density at radius 3 is 3.14 bits per heavy atom. The molecule has 0 saturated carbocycles. The molecule has 0 spiro atoms. The average Bonchev–Trinajstić information content (AvgIpc) is 1.77. The van der Waals surface area contributed by atoms with Gasteiger partial charge in [-0.05, 0) is 18.6 Å².